The number of piperazine rings is 1. The molecule has 0 aliphatic carbocycles. The molecule has 2 heterocycles. The maximum atomic E-state index is 13.2. The summed E-state index contributed by atoms with van der Waals surface area (Å²) in [7, 11) is -7.33. The number of benzene rings is 3. The molecule has 0 spiro atoms. The van der Waals surface area contributed by atoms with E-state index in [2.05, 4.69) is 0 Å². The molecule has 0 atom stereocenters. The first-order chi connectivity index (χ1) is 15.4. The van der Waals surface area contributed by atoms with Crippen LogP contribution < -0.4 is 0 Å². The van der Waals surface area contributed by atoms with Gasteiger partial charge < -0.3 is 0 Å². The summed E-state index contributed by atoms with van der Waals surface area (Å²) in [5.41, 5.74) is 2.21. The number of nitrogens with zero attached hydrogens (tertiary/aromatic N) is 3. The topological polar surface area (TPSA) is 78.0 Å². The molecule has 168 valence electrons. The average molecular weight is 472 g/mol. The van der Waals surface area contributed by atoms with Crippen LogP contribution in [0.15, 0.2) is 71.6 Å². The smallest absolute Gasteiger partial charge is 0.207 e. The van der Waals surface area contributed by atoms with Crippen LogP contribution in [0.5, 0.6) is 0 Å². The Kier molecular flexibility index (Phi) is 5.55. The predicted octanol–water partition coefficient (Wildman–Crippen LogP) is 2.45. The van der Waals surface area contributed by atoms with Crippen molar-refractivity contribution in [2.24, 2.45) is 0 Å². The fraction of sp³-hybridized carbons (Fsp3) is 0.304. The van der Waals surface area contributed by atoms with Gasteiger partial charge in [0.2, 0.25) is 10.0 Å². The van der Waals surface area contributed by atoms with Crippen molar-refractivity contribution in [1.82, 2.24) is 12.9 Å². The molecule has 0 unspecified atom stereocenters. The minimum atomic E-state index is -3.69. The van der Waals surface area contributed by atoms with Gasteiger partial charge in [0.25, 0.3) is 10.2 Å². The van der Waals surface area contributed by atoms with E-state index in [9.17, 15) is 16.8 Å². The van der Waals surface area contributed by atoms with Crippen LogP contribution in [-0.2, 0) is 33.2 Å². The lowest BCUT2D eigenvalue weighted by molar-refractivity contribution is 0.250. The molecule has 3 aromatic carbocycles. The monoisotopic (exact) mass is 471 g/mol. The van der Waals surface area contributed by atoms with E-state index in [4.69, 9.17) is 0 Å². The first-order valence-corrected chi connectivity index (χ1v) is 13.5. The highest BCUT2D eigenvalue weighted by atomic mass is 32.2. The van der Waals surface area contributed by atoms with Crippen LogP contribution in [0, 0.1) is 0 Å². The standard InChI is InChI=1S/C23H25N3O4S2/c27-31(28,23-10-9-19-5-1-3-7-21(19)17-23)24-13-15-25(16-14-24)32(29,30)26-12-11-20-6-2-4-8-22(20)18-26/h1-10,17H,11-16,18H2. The van der Waals surface area contributed by atoms with Gasteiger partial charge in [-0.2, -0.15) is 21.3 Å². The summed E-state index contributed by atoms with van der Waals surface area (Å²) in [6, 6.07) is 20.6. The van der Waals surface area contributed by atoms with Gasteiger partial charge in [-0.05, 0) is 40.5 Å². The lowest BCUT2D eigenvalue weighted by atomic mass is 10.0. The Balaban J connectivity index is 1.30. The SMILES string of the molecule is O=S(=O)(c1ccc2ccccc2c1)N1CCN(S(=O)(=O)N2CCc3ccccc3C2)CC1. The Bertz CT molecular complexity index is 1360. The maximum absolute atomic E-state index is 13.2. The van der Waals surface area contributed by atoms with Gasteiger partial charge in [0.1, 0.15) is 0 Å². The van der Waals surface area contributed by atoms with E-state index in [1.165, 1.54) is 18.5 Å². The van der Waals surface area contributed by atoms with E-state index in [1.807, 2.05) is 48.5 Å². The molecule has 3 aromatic rings. The number of hydrogen-bond acceptors (Lipinski definition) is 4. The summed E-state index contributed by atoms with van der Waals surface area (Å²) in [5, 5.41) is 1.84. The van der Waals surface area contributed by atoms with Crippen molar-refractivity contribution in [3.63, 3.8) is 0 Å². The van der Waals surface area contributed by atoms with Crippen LogP contribution in [0.25, 0.3) is 10.8 Å². The molecule has 0 radical (unpaired) electrons. The second-order valence-electron chi connectivity index (χ2n) is 8.17. The fourth-order valence-corrected chi connectivity index (χ4v) is 7.48. The summed E-state index contributed by atoms with van der Waals surface area (Å²) in [6.07, 6.45) is 0.686. The average Bonchev–Trinajstić information content (AvgIpc) is 2.83. The molecular weight excluding hydrogens is 446 g/mol. The summed E-state index contributed by atoms with van der Waals surface area (Å²) in [6.45, 7) is 1.36. The van der Waals surface area contributed by atoms with Crippen LogP contribution in [-0.4, -0.2) is 62.5 Å². The molecule has 0 saturated carbocycles. The molecule has 0 amide bonds. The third kappa shape index (κ3) is 3.84. The molecule has 32 heavy (non-hydrogen) atoms. The predicted molar refractivity (Wildman–Crippen MR) is 124 cm³/mol. The van der Waals surface area contributed by atoms with Gasteiger partial charge in [-0.1, -0.05) is 54.6 Å². The van der Waals surface area contributed by atoms with Gasteiger partial charge in [-0.3, -0.25) is 0 Å². The molecule has 1 fully saturated rings. The van der Waals surface area contributed by atoms with Crippen LogP contribution in [0.2, 0.25) is 0 Å². The van der Waals surface area contributed by atoms with Crippen LogP contribution in [0.4, 0.5) is 0 Å². The van der Waals surface area contributed by atoms with Crippen LogP contribution in [0.1, 0.15) is 11.1 Å². The Labute approximate surface area is 189 Å². The quantitative estimate of drug-likeness (QED) is 0.586. The molecule has 9 heteroatoms. The second kappa shape index (κ2) is 8.24. The van der Waals surface area contributed by atoms with E-state index >= 15 is 0 Å². The van der Waals surface area contributed by atoms with E-state index in [0.717, 1.165) is 16.3 Å². The van der Waals surface area contributed by atoms with Crippen molar-refractivity contribution < 1.29 is 16.8 Å². The first-order valence-electron chi connectivity index (χ1n) is 10.7. The van der Waals surface area contributed by atoms with E-state index < -0.39 is 20.2 Å². The third-order valence-corrected chi connectivity index (χ3v) is 10.2. The molecule has 5 rings (SSSR count). The minimum absolute atomic E-state index is 0.138. The highest BCUT2D eigenvalue weighted by Gasteiger charge is 2.37. The van der Waals surface area contributed by atoms with Crippen molar-refractivity contribution in [2.75, 3.05) is 32.7 Å². The van der Waals surface area contributed by atoms with Crippen molar-refractivity contribution in [3.05, 3.63) is 77.9 Å². The maximum Gasteiger partial charge on any atom is 0.282 e. The summed E-state index contributed by atoms with van der Waals surface area (Å²) in [5.74, 6) is 0. The largest absolute Gasteiger partial charge is 0.282 e. The normalized spacial score (nSPS) is 19.1. The van der Waals surface area contributed by atoms with E-state index in [0.29, 0.717) is 19.5 Å². The molecule has 0 aromatic heterocycles. The Hall–Kier alpha value is -2.30. The zero-order valence-electron chi connectivity index (χ0n) is 17.6. The van der Waals surface area contributed by atoms with Crippen molar-refractivity contribution >= 4 is 31.0 Å². The van der Waals surface area contributed by atoms with Gasteiger partial charge in [0.05, 0.1) is 4.90 Å². The minimum Gasteiger partial charge on any atom is -0.207 e. The van der Waals surface area contributed by atoms with E-state index in [1.54, 1.807) is 18.2 Å². The van der Waals surface area contributed by atoms with Crippen LogP contribution in [0.3, 0.4) is 0 Å². The molecule has 2 aliphatic heterocycles. The van der Waals surface area contributed by atoms with Gasteiger partial charge in [-0.25, -0.2) is 8.42 Å². The molecule has 0 N–H and O–H groups in total. The number of fused-ring (bicyclic) bond motifs is 2. The Morgan fingerprint density at radius 3 is 1.97 bits per heavy atom. The van der Waals surface area contributed by atoms with Gasteiger partial charge in [0, 0.05) is 39.3 Å². The first kappa shape index (κ1) is 21.5. The second-order valence-corrected chi connectivity index (χ2v) is 12.0. The zero-order chi connectivity index (χ0) is 22.3. The lowest BCUT2D eigenvalue weighted by Gasteiger charge is -2.37. The molecule has 1 saturated heterocycles. The third-order valence-electron chi connectivity index (χ3n) is 6.30. The van der Waals surface area contributed by atoms with E-state index in [-0.39, 0.29) is 31.1 Å². The Morgan fingerprint density at radius 2 is 1.22 bits per heavy atom. The Morgan fingerprint density at radius 1 is 0.594 bits per heavy atom. The van der Waals surface area contributed by atoms with Gasteiger partial charge >= 0.3 is 0 Å². The molecular formula is C23H25N3O4S2. The molecule has 7 nitrogen and oxygen atoms in total. The number of rotatable bonds is 4. The lowest BCUT2D eigenvalue weighted by Crippen LogP contribution is -2.54. The molecule has 2 aliphatic rings. The highest BCUT2D eigenvalue weighted by molar-refractivity contribution is 7.89. The highest BCUT2D eigenvalue weighted by Crippen LogP contribution is 2.26. The fourth-order valence-electron chi connectivity index (χ4n) is 4.45. The van der Waals surface area contributed by atoms with Crippen LogP contribution >= 0.6 is 0 Å². The summed E-state index contributed by atoms with van der Waals surface area (Å²) >= 11 is 0. The van der Waals surface area contributed by atoms with Crippen molar-refractivity contribution in [2.45, 2.75) is 17.9 Å². The van der Waals surface area contributed by atoms with Crippen molar-refractivity contribution in [3.8, 4) is 0 Å². The zero-order valence-corrected chi connectivity index (χ0v) is 19.2. The van der Waals surface area contributed by atoms with Gasteiger partial charge in [0.15, 0.2) is 0 Å². The molecule has 0 bridgehead atoms. The van der Waals surface area contributed by atoms with Crippen molar-refractivity contribution in [1.29, 1.82) is 0 Å². The van der Waals surface area contributed by atoms with Gasteiger partial charge in [-0.15, -0.1) is 0 Å². The number of sulfonamides is 1. The summed E-state index contributed by atoms with van der Waals surface area (Å²) in [4.78, 5) is 0.236. The number of hydrogen-bond donors (Lipinski definition) is 0. The summed E-state index contributed by atoms with van der Waals surface area (Å²) < 4.78 is 57.1.